The van der Waals surface area contributed by atoms with Crippen LogP contribution in [-0.2, 0) is 14.3 Å². The van der Waals surface area contributed by atoms with Crippen molar-refractivity contribution in [1.82, 2.24) is 4.90 Å². The number of amides is 1. The van der Waals surface area contributed by atoms with Gasteiger partial charge in [0, 0.05) is 19.1 Å². The first-order valence-corrected chi connectivity index (χ1v) is 6.85. The first-order chi connectivity index (χ1) is 9.00. The minimum absolute atomic E-state index is 0.0521. The molecule has 2 aliphatic rings. The van der Waals surface area contributed by atoms with Crippen molar-refractivity contribution < 1.29 is 19.4 Å². The van der Waals surface area contributed by atoms with E-state index >= 15 is 0 Å². The number of aliphatic carboxylic acids is 1. The maximum atomic E-state index is 12.4. The number of carboxylic acid groups (broad SMARTS) is 1. The number of carboxylic acids is 1. The van der Waals surface area contributed by atoms with Crippen LogP contribution in [0.1, 0.15) is 26.2 Å². The quantitative estimate of drug-likeness (QED) is 0.756. The van der Waals surface area contributed by atoms with Crippen molar-refractivity contribution in [3.05, 3.63) is 0 Å². The van der Waals surface area contributed by atoms with Crippen LogP contribution in [0.3, 0.4) is 0 Å². The molecule has 2 saturated heterocycles. The van der Waals surface area contributed by atoms with Crippen molar-refractivity contribution in [2.75, 3.05) is 26.3 Å². The summed E-state index contributed by atoms with van der Waals surface area (Å²) in [4.78, 5) is 25.6. The molecule has 3 N–H and O–H groups in total. The van der Waals surface area contributed by atoms with Crippen LogP contribution in [0.15, 0.2) is 0 Å². The second-order valence-corrected chi connectivity index (χ2v) is 5.61. The summed E-state index contributed by atoms with van der Waals surface area (Å²) >= 11 is 0. The third-order valence-corrected chi connectivity index (χ3v) is 4.46. The van der Waals surface area contributed by atoms with E-state index in [2.05, 4.69) is 0 Å². The molecular weight excluding hydrogens is 248 g/mol. The molecule has 1 amide bonds. The number of hydrogen-bond donors (Lipinski definition) is 2. The van der Waals surface area contributed by atoms with E-state index in [0.29, 0.717) is 39.1 Å². The summed E-state index contributed by atoms with van der Waals surface area (Å²) in [5.41, 5.74) is 5.06. The Bertz CT molecular complexity index is 374. The Morgan fingerprint density at radius 1 is 1.47 bits per heavy atom. The van der Waals surface area contributed by atoms with Crippen LogP contribution in [0.25, 0.3) is 0 Å². The van der Waals surface area contributed by atoms with Crippen LogP contribution in [0, 0.1) is 11.3 Å². The predicted octanol–water partition coefficient (Wildman–Crippen LogP) is 0.0635. The Morgan fingerprint density at radius 3 is 2.74 bits per heavy atom. The number of nitrogens with zero attached hydrogens (tertiary/aromatic N) is 1. The highest BCUT2D eigenvalue weighted by Gasteiger charge is 2.44. The van der Waals surface area contributed by atoms with Gasteiger partial charge in [0.05, 0.1) is 24.5 Å². The third kappa shape index (κ3) is 2.60. The maximum absolute atomic E-state index is 12.4. The van der Waals surface area contributed by atoms with Crippen LogP contribution in [-0.4, -0.2) is 54.2 Å². The molecule has 0 aromatic carbocycles. The monoisotopic (exact) mass is 270 g/mol. The molecule has 0 spiro atoms. The van der Waals surface area contributed by atoms with Gasteiger partial charge in [-0.25, -0.2) is 0 Å². The van der Waals surface area contributed by atoms with Crippen LogP contribution in [0.5, 0.6) is 0 Å². The zero-order valence-corrected chi connectivity index (χ0v) is 11.3. The first kappa shape index (κ1) is 14.3. The number of ether oxygens (including phenoxy) is 1. The highest BCUT2D eigenvalue weighted by molar-refractivity contribution is 5.82. The van der Waals surface area contributed by atoms with E-state index in [0.717, 1.165) is 6.42 Å². The molecule has 3 unspecified atom stereocenters. The summed E-state index contributed by atoms with van der Waals surface area (Å²) in [5, 5.41) is 9.42. The molecule has 0 bridgehead atoms. The Labute approximate surface area is 112 Å². The number of hydrogen-bond acceptors (Lipinski definition) is 4. The average molecular weight is 270 g/mol. The Morgan fingerprint density at radius 2 is 2.21 bits per heavy atom. The Balaban J connectivity index is 2.08. The topological polar surface area (TPSA) is 92.9 Å². The van der Waals surface area contributed by atoms with Gasteiger partial charge in [-0.1, -0.05) is 6.92 Å². The smallest absolute Gasteiger partial charge is 0.311 e. The van der Waals surface area contributed by atoms with E-state index in [1.807, 2.05) is 6.92 Å². The molecule has 19 heavy (non-hydrogen) atoms. The van der Waals surface area contributed by atoms with Crippen molar-refractivity contribution in [2.45, 2.75) is 32.2 Å². The second kappa shape index (κ2) is 5.46. The molecule has 0 aromatic rings. The zero-order valence-electron chi connectivity index (χ0n) is 11.3. The van der Waals surface area contributed by atoms with Crippen molar-refractivity contribution in [1.29, 1.82) is 0 Å². The summed E-state index contributed by atoms with van der Waals surface area (Å²) in [5.74, 6) is -1.18. The standard InChI is InChI=1S/C13H22N2O4/c1-2-13(12(17)18)4-3-5-15(8-13)11(16)9-6-19-7-10(9)14/h9-10H,2-8,14H2,1H3,(H,17,18). The van der Waals surface area contributed by atoms with E-state index in [1.165, 1.54) is 0 Å². The van der Waals surface area contributed by atoms with E-state index in [1.54, 1.807) is 4.90 Å². The molecular formula is C13H22N2O4. The SMILES string of the molecule is CCC1(C(=O)O)CCCN(C(=O)C2COCC2N)C1. The molecule has 3 atom stereocenters. The highest BCUT2D eigenvalue weighted by atomic mass is 16.5. The maximum Gasteiger partial charge on any atom is 0.311 e. The van der Waals surface area contributed by atoms with Gasteiger partial charge in [-0.05, 0) is 19.3 Å². The fraction of sp³-hybridized carbons (Fsp3) is 0.846. The zero-order chi connectivity index (χ0) is 14.0. The largest absolute Gasteiger partial charge is 0.481 e. The number of carbonyl (C=O) groups is 2. The summed E-state index contributed by atoms with van der Waals surface area (Å²) in [7, 11) is 0. The summed E-state index contributed by atoms with van der Waals surface area (Å²) in [6.45, 7) is 3.54. The molecule has 2 heterocycles. The van der Waals surface area contributed by atoms with Crippen LogP contribution < -0.4 is 5.73 Å². The third-order valence-electron chi connectivity index (χ3n) is 4.46. The van der Waals surface area contributed by atoms with Crippen molar-refractivity contribution in [3.63, 3.8) is 0 Å². The lowest BCUT2D eigenvalue weighted by Crippen LogP contribution is -2.53. The van der Waals surface area contributed by atoms with Gasteiger partial charge in [-0.15, -0.1) is 0 Å². The van der Waals surface area contributed by atoms with Crippen molar-refractivity contribution >= 4 is 11.9 Å². The van der Waals surface area contributed by atoms with Crippen LogP contribution >= 0.6 is 0 Å². The van der Waals surface area contributed by atoms with Gasteiger partial charge in [0.15, 0.2) is 0 Å². The van der Waals surface area contributed by atoms with Crippen LogP contribution in [0.4, 0.5) is 0 Å². The molecule has 2 aliphatic heterocycles. The fourth-order valence-corrected chi connectivity index (χ4v) is 2.99. The number of piperidine rings is 1. The number of rotatable bonds is 3. The van der Waals surface area contributed by atoms with Gasteiger partial charge in [0.1, 0.15) is 0 Å². The molecule has 108 valence electrons. The Hall–Kier alpha value is -1.14. The second-order valence-electron chi connectivity index (χ2n) is 5.61. The lowest BCUT2D eigenvalue weighted by atomic mass is 9.77. The van der Waals surface area contributed by atoms with E-state index in [-0.39, 0.29) is 17.9 Å². The van der Waals surface area contributed by atoms with E-state index in [9.17, 15) is 14.7 Å². The molecule has 0 saturated carbocycles. The highest BCUT2D eigenvalue weighted by Crippen LogP contribution is 2.34. The summed E-state index contributed by atoms with van der Waals surface area (Å²) in [6, 6.07) is -0.268. The average Bonchev–Trinajstić information content (AvgIpc) is 2.84. The fourth-order valence-electron chi connectivity index (χ4n) is 2.99. The van der Waals surface area contributed by atoms with Gasteiger partial charge in [0.2, 0.25) is 5.91 Å². The molecule has 2 fully saturated rings. The predicted molar refractivity (Wildman–Crippen MR) is 68.5 cm³/mol. The van der Waals surface area contributed by atoms with Gasteiger partial charge in [-0.2, -0.15) is 0 Å². The number of nitrogens with two attached hydrogens (primary N) is 1. The van der Waals surface area contributed by atoms with Crippen molar-refractivity contribution in [3.8, 4) is 0 Å². The van der Waals surface area contributed by atoms with Gasteiger partial charge >= 0.3 is 5.97 Å². The lowest BCUT2D eigenvalue weighted by Gasteiger charge is -2.40. The number of likely N-dealkylation sites (tertiary alicyclic amines) is 1. The molecule has 0 radical (unpaired) electrons. The molecule has 0 aliphatic carbocycles. The minimum Gasteiger partial charge on any atom is -0.481 e. The summed E-state index contributed by atoms with van der Waals surface area (Å²) in [6.07, 6.45) is 1.91. The van der Waals surface area contributed by atoms with Crippen LogP contribution in [0.2, 0.25) is 0 Å². The molecule has 6 nitrogen and oxygen atoms in total. The lowest BCUT2D eigenvalue weighted by molar-refractivity contribution is -0.156. The molecule has 2 rings (SSSR count). The summed E-state index contributed by atoms with van der Waals surface area (Å²) < 4.78 is 5.22. The molecule has 6 heteroatoms. The van der Waals surface area contributed by atoms with Gasteiger partial charge in [0.25, 0.3) is 0 Å². The minimum atomic E-state index is -0.806. The normalized spacial score (nSPS) is 35.4. The number of carbonyl (C=O) groups excluding carboxylic acids is 1. The van der Waals surface area contributed by atoms with E-state index in [4.69, 9.17) is 10.5 Å². The van der Waals surface area contributed by atoms with Gasteiger partial charge in [-0.3, -0.25) is 9.59 Å². The van der Waals surface area contributed by atoms with Gasteiger partial charge < -0.3 is 20.5 Å². The molecule has 0 aromatic heterocycles. The Kier molecular flexibility index (Phi) is 4.10. The van der Waals surface area contributed by atoms with E-state index < -0.39 is 11.4 Å². The first-order valence-electron chi connectivity index (χ1n) is 6.85. The van der Waals surface area contributed by atoms with Crippen molar-refractivity contribution in [2.24, 2.45) is 17.1 Å².